The van der Waals surface area contributed by atoms with E-state index in [4.69, 9.17) is 11.6 Å². The Morgan fingerprint density at radius 3 is 2.50 bits per heavy atom. The summed E-state index contributed by atoms with van der Waals surface area (Å²) in [7, 11) is 0. The molecule has 1 aromatic carbocycles. The first kappa shape index (κ1) is 14.5. The maximum absolute atomic E-state index is 12.0. The van der Waals surface area contributed by atoms with Crippen LogP contribution in [-0.2, 0) is 4.79 Å². The monoisotopic (exact) mass is 264 g/mol. The van der Waals surface area contributed by atoms with Gasteiger partial charge >= 0.3 is 0 Å². The van der Waals surface area contributed by atoms with Crippen molar-refractivity contribution in [3.05, 3.63) is 34.9 Å². The molecule has 1 atom stereocenters. The Labute approximate surface area is 113 Å². The highest BCUT2D eigenvalue weighted by atomic mass is 35.5. The van der Waals surface area contributed by atoms with Crippen LogP contribution in [0.2, 0.25) is 5.02 Å². The van der Waals surface area contributed by atoms with Crippen LogP contribution in [0.3, 0.4) is 0 Å². The molecule has 1 aromatic rings. The fourth-order valence-corrected chi connectivity index (χ4v) is 2.13. The summed E-state index contributed by atoms with van der Waals surface area (Å²) in [5.74, 6) is -0.488. The molecule has 0 aliphatic carbocycles. The zero-order valence-electron chi connectivity index (χ0n) is 10.7. The van der Waals surface area contributed by atoms with Gasteiger partial charge in [-0.05, 0) is 25.5 Å². The van der Waals surface area contributed by atoms with E-state index in [0.717, 1.165) is 5.56 Å². The SMILES string of the molecule is CCN(CC)C(=O)CC(C#N)c1ccccc1Cl. The number of carbonyl (C=O) groups is 1. The molecule has 0 heterocycles. The first-order chi connectivity index (χ1) is 8.63. The Bertz CT molecular complexity index is 449. The highest BCUT2D eigenvalue weighted by Gasteiger charge is 2.20. The van der Waals surface area contributed by atoms with Gasteiger partial charge in [0.25, 0.3) is 0 Å². The largest absolute Gasteiger partial charge is 0.343 e. The van der Waals surface area contributed by atoms with E-state index >= 15 is 0 Å². The van der Waals surface area contributed by atoms with E-state index in [0.29, 0.717) is 18.1 Å². The maximum atomic E-state index is 12.0. The Hall–Kier alpha value is -1.53. The van der Waals surface area contributed by atoms with E-state index in [2.05, 4.69) is 6.07 Å². The average molecular weight is 265 g/mol. The quantitative estimate of drug-likeness (QED) is 0.820. The van der Waals surface area contributed by atoms with Gasteiger partial charge in [-0.1, -0.05) is 29.8 Å². The molecule has 0 N–H and O–H groups in total. The van der Waals surface area contributed by atoms with Crippen molar-refractivity contribution >= 4 is 17.5 Å². The standard InChI is InChI=1S/C14H17ClN2O/c1-3-17(4-2)14(18)9-11(10-16)12-7-5-6-8-13(12)15/h5-8,11H,3-4,9H2,1-2H3. The number of nitriles is 1. The van der Waals surface area contributed by atoms with Gasteiger partial charge in [-0.15, -0.1) is 0 Å². The molecule has 4 heteroatoms. The summed E-state index contributed by atoms with van der Waals surface area (Å²) in [5, 5.41) is 9.74. The topological polar surface area (TPSA) is 44.1 Å². The number of nitrogens with zero attached hydrogens (tertiary/aromatic N) is 2. The second kappa shape index (κ2) is 7.03. The first-order valence-electron chi connectivity index (χ1n) is 6.05. The molecule has 1 rings (SSSR count). The minimum absolute atomic E-state index is 0.00790. The van der Waals surface area contributed by atoms with Gasteiger partial charge in [0.2, 0.25) is 5.91 Å². The third kappa shape index (κ3) is 3.48. The van der Waals surface area contributed by atoms with Gasteiger partial charge in [0.1, 0.15) is 0 Å². The van der Waals surface area contributed by atoms with Crippen molar-refractivity contribution in [2.45, 2.75) is 26.2 Å². The van der Waals surface area contributed by atoms with Gasteiger partial charge < -0.3 is 4.90 Å². The summed E-state index contributed by atoms with van der Waals surface area (Å²) >= 11 is 6.05. The molecule has 0 aromatic heterocycles. The van der Waals surface area contributed by atoms with E-state index in [9.17, 15) is 10.1 Å². The van der Waals surface area contributed by atoms with Crippen molar-refractivity contribution in [2.24, 2.45) is 0 Å². The van der Waals surface area contributed by atoms with Gasteiger partial charge in [0, 0.05) is 24.5 Å². The molecule has 0 saturated carbocycles. The highest BCUT2D eigenvalue weighted by Crippen LogP contribution is 2.26. The average Bonchev–Trinajstić information content (AvgIpc) is 2.38. The van der Waals surface area contributed by atoms with E-state index in [1.807, 2.05) is 26.0 Å². The zero-order valence-corrected chi connectivity index (χ0v) is 11.4. The molecule has 18 heavy (non-hydrogen) atoms. The molecule has 1 amide bonds. The van der Waals surface area contributed by atoms with Crippen molar-refractivity contribution in [3.63, 3.8) is 0 Å². The second-order valence-corrected chi connectivity index (χ2v) is 4.38. The summed E-state index contributed by atoms with van der Waals surface area (Å²) in [4.78, 5) is 13.7. The zero-order chi connectivity index (χ0) is 13.5. The number of hydrogen-bond acceptors (Lipinski definition) is 2. The predicted octanol–water partition coefficient (Wildman–Crippen LogP) is 3.21. The molecular weight excluding hydrogens is 248 g/mol. The Morgan fingerprint density at radius 1 is 1.39 bits per heavy atom. The van der Waals surface area contributed by atoms with Gasteiger partial charge in [0.15, 0.2) is 0 Å². The number of rotatable bonds is 5. The molecule has 0 aliphatic heterocycles. The first-order valence-corrected chi connectivity index (χ1v) is 6.43. The van der Waals surface area contributed by atoms with E-state index in [-0.39, 0.29) is 12.3 Å². The molecule has 0 fully saturated rings. The van der Waals surface area contributed by atoms with Crippen LogP contribution < -0.4 is 0 Å². The minimum Gasteiger partial charge on any atom is -0.343 e. The number of hydrogen-bond donors (Lipinski definition) is 0. The van der Waals surface area contributed by atoms with Crippen molar-refractivity contribution in [2.75, 3.05) is 13.1 Å². The maximum Gasteiger partial charge on any atom is 0.224 e. The molecule has 0 spiro atoms. The van der Waals surface area contributed by atoms with Crippen LogP contribution in [0.4, 0.5) is 0 Å². The predicted molar refractivity (Wildman–Crippen MR) is 72.4 cm³/mol. The molecule has 0 saturated heterocycles. The third-order valence-electron chi connectivity index (χ3n) is 2.93. The lowest BCUT2D eigenvalue weighted by atomic mass is 9.96. The van der Waals surface area contributed by atoms with Crippen LogP contribution in [0.1, 0.15) is 31.7 Å². The Morgan fingerprint density at radius 2 is 2.00 bits per heavy atom. The highest BCUT2D eigenvalue weighted by molar-refractivity contribution is 6.31. The lowest BCUT2D eigenvalue weighted by Gasteiger charge is -2.20. The molecule has 96 valence electrons. The lowest BCUT2D eigenvalue weighted by molar-refractivity contribution is -0.130. The number of benzene rings is 1. The van der Waals surface area contributed by atoms with E-state index in [1.54, 1.807) is 17.0 Å². The van der Waals surface area contributed by atoms with E-state index in [1.165, 1.54) is 0 Å². The molecular formula is C14H17ClN2O. The molecule has 0 bridgehead atoms. The minimum atomic E-state index is -0.480. The Kier molecular flexibility index (Phi) is 5.67. The van der Waals surface area contributed by atoms with Crippen molar-refractivity contribution < 1.29 is 4.79 Å². The van der Waals surface area contributed by atoms with Crippen LogP contribution in [0.25, 0.3) is 0 Å². The molecule has 0 aliphatic rings. The van der Waals surface area contributed by atoms with Crippen LogP contribution >= 0.6 is 11.6 Å². The molecule has 1 unspecified atom stereocenters. The smallest absolute Gasteiger partial charge is 0.224 e. The fraction of sp³-hybridized carbons (Fsp3) is 0.429. The van der Waals surface area contributed by atoms with Crippen molar-refractivity contribution in [3.8, 4) is 6.07 Å². The number of halogens is 1. The van der Waals surface area contributed by atoms with Crippen LogP contribution in [0.15, 0.2) is 24.3 Å². The van der Waals surface area contributed by atoms with Gasteiger partial charge in [-0.3, -0.25) is 4.79 Å². The number of carbonyl (C=O) groups excluding carboxylic acids is 1. The summed E-state index contributed by atoms with van der Waals surface area (Å²) in [6.07, 6.45) is 0.182. The molecule has 3 nitrogen and oxygen atoms in total. The summed E-state index contributed by atoms with van der Waals surface area (Å²) in [5.41, 5.74) is 0.724. The van der Waals surface area contributed by atoms with Crippen molar-refractivity contribution in [1.29, 1.82) is 5.26 Å². The Balaban J connectivity index is 2.84. The van der Waals surface area contributed by atoms with Crippen LogP contribution in [0.5, 0.6) is 0 Å². The van der Waals surface area contributed by atoms with Crippen molar-refractivity contribution in [1.82, 2.24) is 4.90 Å². The summed E-state index contributed by atoms with van der Waals surface area (Å²) in [6.45, 7) is 5.18. The third-order valence-corrected chi connectivity index (χ3v) is 3.28. The summed E-state index contributed by atoms with van der Waals surface area (Å²) < 4.78 is 0. The van der Waals surface area contributed by atoms with Gasteiger partial charge in [-0.2, -0.15) is 5.26 Å². The summed E-state index contributed by atoms with van der Waals surface area (Å²) in [6, 6.07) is 9.34. The second-order valence-electron chi connectivity index (χ2n) is 3.97. The fourth-order valence-electron chi connectivity index (χ4n) is 1.86. The lowest BCUT2D eigenvalue weighted by Crippen LogP contribution is -2.31. The van der Waals surface area contributed by atoms with Gasteiger partial charge in [0.05, 0.1) is 12.0 Å². The molecule has 0 radical (unpaired) electrons. The van der Waals surface area contributed by atoms with Gasteiger partial charge in [-0.25, -0.2) is 0 Å². The van der Waals surface area contributed by atoms with Crippen LogP contribution in [-0.4, -0.2) is 23.9 Å². The number of amides is 1. The van der Waals surface area contributed by atoms with E-state index < -0.39 is 5.92 Å². The normalized spacial score (nSPS) is 11.7. The van der Waals surface area contributed by atoms with Crippen LogP contribution in [0, 0.1) is 11.3 Å².